The van der Waals surface area contributed by atoms with Gasteiger partial charge in [0.25, 0.3) is 0 Å². The zero-order valence-corrected chi connectivity index (χ0v) is 9.87. The molecule has 1 aliphatic heterocycles. The Labute approximate surface area is 94.4 Å². The van der Waals surface area contributed by atoms with Crippen LogP contribution >= 0.6 is 0 Å². The fourth-order valence-electron chi connectivity index (χ4n) is 1.86. The molecule has 2 N–H and O–H groups in total. The number of anilines is 1. The predicted molar refractivity (Wildman–Crippen MR) is 58.9 cm³/mol. The molecular formula is C8H15N5O2S. The molecule has 0 bridgehead atoms. The maximum atomic E-state index is 12.0. The van der Waals surface area contributed by atoms with Gasteiger partial charge in [-0.3, -0.25) is 0 Å². The Balaban J connectivity index is 2.12. The molecule has 1 aliphatic rings. The first kappa shape index (κ1) is 11.3. The molecule has 2 rings (SSSR count). The molecule has 0 spiro atoms. The van der Waals surface area contributed by atoms with Gasteiger partial charge < -0.3 is 0 Å². The van der Waals surface area contributed by atoms with E-state index in [-0.39, 0.29) is 12.0 Å². The Bertz CT molecular complexity index is 429. The Morgan fingerprint density at radius 2 is 2.38 bits per heavy atom. The van der Waals surface area contributed by atoms with Crippen LogP contribution in [0.3, 0.4) is 0 Å². The second kappa shape index (κ2) is 4.38. The van der Waals surface area contributed by atoms with Gasteiger partial charge in [-0.1, -0.05) is 6.42 Å². The van der Waals surface area contributed by atoms with Crippen molar-refractivity contribution in [3.05, 3.63) is 6.33 Å². The highest BCUT2D eigenvalue weighted by Crippen LogP contribution is 2.20. The number of hydrogen-bond acceptors (Lipinski definition) is 4. The minimum atomic E-state index is -3.51. The molecule has 1 atom stereocenters. The predicted octanol–water partition coefficient (Wildman–Crippen LogP) is 0.336. The molecule has 1 saturated heterocycles. The largest absolute Gasteiger partial charge is 0.304 e. The average molecular weight is 245 g/mol. The molecule has 0 aliphatic carbocycles. The van der Waals surface area contributed by atoms with Gasteiger partial charge in [0.2, 0.25) is 5.95 Å². The van der Waals surface area contributed by atoms with Crippen molar-refractivity contribution in [2.24, 2.45) is 0 Å². The van der Waals surface area contributed by atoms with Gasteiger partial charge in [0, 0.05) is 12.6 Å². The minimum absolute atomic E-state index is 0.0363. The molecule has 0 saturated carbocycles. The molecule has 0 radical (unpaired) electrons. The lowest BCUT2D eigenvalue weighted by atomic mass is 10.1. The number of nitrogens with zero attached hydrogens (tertiary/aromatic N) is 3. The summed E-state index contributed by atoms with van der Waals surface area (Å²) in [6.07, 6.45) is 4.14. The molecule has 1 unspecified atom stereocenters. The van der Waals surface area contributed by atoms with Gasteiger partial charge in [0.05, 0.1) is 0 Å². The standard InChI is InChI=1S/C8H15N5O2S/c1-7-4-2-3-5-13(7)16(14,15)12-8-9-6-10-11-8/h6-7H,2-5H2,1H3,(H2,9,10,11,12). The third kappa shape index (κ3) is 2.33. The van der Waals surface area contributed by atoms with Gasteiger partial charge in [-0.05, 0) is 19.8 Å². The SMILES string of the molecule is CC1CCCCN1S(=O)(=O)Nc1ncn[nH]1. The first-order chi connectivity index (χ1) is 7.59. The van der Waals surface area contributed by atoms with Crippen molar-refractivity contribution >= 4 is 16.2 Å². The Kier molecular flexibility index (Phi) is 3.10. The summed E-state index contributed by atoms with van der Waals surface area (Å²) in [5.74, 6) is 0.151. The fourth-order valence-corrected chi connectivity index (χ4v) is 3.27. The first-order valence-electron chi connectivity index (χ1n) is 5.24. The molecule has 1 aromatic rings. The van der Waals surface area contributed by atoms with E-state index < -0.39 is 10.2 Å². The number of hydrogen-bond donors (Lipinski definition) is 2. The van der Waals surface area contributed by atoms with Crippen LogP contribution in [0.15, 0.2) is 6.33 Å². The first-order valence-corrected chi connectivity index (χ1v) is 6.68. The summed E-state index contributed by atoms with van der Waals surface area (Å²) in [4.78, 5) is 3.74. The number of nitrogens with one attached hydrogen (secondary N) is 2. The summed E-state index contributed by atoms with van der Waals surface area (Å²) in [7, 11) is -3.51. The highest BCUT2D eigenvalue weighted by atomic mass is 32.2. The van der Waals surface area contributed by atoms with Crippen molar-refractivity contribution in [1.82, 2.24) is 19.5 Å². The van der Waals surface area contributed by atoms with Crippen LogP contribution < -0.4 is 4.72 Å². The van der Waals surface area contributed by atoms with E-state index in [0.29, 0.717) is 6.54 Å². The van der Waals surface area contributed by atoms with Gasteiger partial charge in [0.15, 0.2) is 0 Å². The van der Waals surface area contributed by atoms with Crippen LogP contribution in [0, 0.1) is 0 Å². The van der Waals surface area contributed by atoms with Crippen LogP contribution in [0.1, 0.15) is 26.2 Å². The zero-order valence-electron chi connectivity index (χ0n) is 9.05. The van der Waals surface area contributed by atoms with Gasteiger partial charge >= 0.3 is 10.2 Å². The summed E-state index contributed by atoms with van der Waals surface area (Å²) < 4.78 is 27.8. The van der Waals surface area contributed by atoms with Gasteiger partial charge in [-0.2, -0.15) is 22.8 Å². The van der Waals surface area contributed by atoms with Crippen LogP contribution in [-0.4, -0.2) is 40.5 Å². The lowest BCUT2D eigenvalue weighted by Crippen LogP contribution is -2.45. The van der Waals surface area contributed by atoms with Crippen molar-refractivity contribution in [1.29, 1.82) is 0 Å². The minimum Gasteiger partial charge on any atom is -0.245 e. The topological polar surface area (TPSA) is 91.0 Å². The molecule has 2 heterocycles. The van der Waals surface area contributed by atoms with E-state index in [9.17, 15) is 8.42 Å². The third-order valence-corrected chi connectivity index (χ3v) is 4.30. The van der Waals surface area contributed by atoms with Crippen LogP contribution in [-0.2, 0) is 10.2 Å². The summed E-state index contributed by atoms with van der Waals surface area (Å²) in [6.45, 7) is 2.48. The Morgan fingerprint density at radius 1 is 1.56 bits per heavy atom. The van der Waals surface area contributed by atoms with E-state index >= 15 is 0 Å². The van der Waals surface area contributed by atoms with Crippen molar-refractivity contribution in [2.75, 3.05) is 11.3 Å². The monoisotopic (exact) mass is 245 g/mol. The van der Waals surface area contributed by atoms with E-state index in [1.54, 1.807) is 0 Å². The van der Waals surface area contributed by atoms with E-state index in [2.05, 4.69) is 19.9 Å². The normalized spacial score (nSPS) is 23.2. The molecule has 90 valence electrons. The maximum Gasteiger partial charge on any atom is 0.304 e. The molecule has 1 fully saturated rings. The Morgan fingerprint density at radius 3 is 3.00 bits per heavy atom. The van der Waals surface area contributed by atoms with Gasteiger partial charge in [-0.25, -0.2) is 9.82 Å². The van der Waals surface area contributed by atoms with Crippen molar-refractivity contribution < 1.29 is 8.42 Å². The molecular weight excluding hydrogens is 230 g/mol. The smallest absolute Gasteiger partial charge is 0.245 e. The highest BCUT2D eigenvalue weighted by molar-refractivity contribution is 7.90. The van der Waals surface area contributed by atoms with E-state index in [1.807, 2.05) is 6.92 Å². The molecule has 0 aromatic carbocycles. The zero-order chi connectivity index (χ0) is 11.6. The lowest BCUT2D eigenvalue weighted by molar-refractivity contribution is 0.270. The maximum absolute atomic E-state index is 12.0. The number of H-pyrrole nitrogens is 1. The quantitative estimate of drug-likeness (QED) is 0.803. The molecule has 1 aromatic heterocycles. The number of rotatable bonds is 3. The van der Waals surface area contributed by atoms with Crippen LogP contribution in [0.5, 0.6) is 0 Å². The van der Waals surface area contributed by atoms with Crippen LogP contribution in [0.2, 0.25) is 0 Å². The molecule has 8 heteroatoms. The summed E-state index contributed by atoms with van der Waals surface area (Å²) in [6, 6.07) is 0.0363. The van der Waals surface area contributed by atoms with Crippen molar-refractivity contribution in [3.63, 3.8) is 0 Å². The summed E-state index contributed by atoms with van der Waals surface area (Å²) in [5, 5.41) is 6.06. The second-order valence-electron chi connectivity index (χ2n) is 3.90. The van der Waals surface area contributed by atoms with E-state index in [0.717, 1.165) is 19.3 Å². The van der Waals surface area contributed by atoms with Crippen molar-refractivity contribution in [3.8, 4) is 0 Å². The number of piperidine rings is 1. The molecule has 7 nitrogen and oxygen atoms in total. The summed E-state index contributed by atoms with van der Waals surface area (Å²) >= 11 is 0. The lowest BCUT2D eigenvalue weighted by Gasteiger charge is -2.31. The van der Waals surface area contributed by atoms with Crippen LogP contribution in [0.25, 0.3) is 0 Å². The van der Waals surface area contributed by atoms with Crippen LogP contribution in [0.4, 0.5) is 5.95 Å². The fraction of sp³-hybridized carbons (Fsp3) is 0.750. The number of aromatic amines is 1. The average Bonchev–Trinajstić information content (AvgIpc) is 2.70. The third-order valence-electron chi connectivity index (χ3n) is 2.69. The number of aromatic nitrogens is 3. The molecule has 0 amide bonds. The van der Waals surface area contributed by atoms with Gasteiger partial charge in [0.1, 0.15) is 6.33 Å². The van der Waals surface area contributed by atoms with Crippen molar-refractivity contribution in [2.45, 2.75) is 32.2 Å². The molecule has 16 heavy (non-hydrogen) atoms. The van der Waals surface area contributed by atoms with Gasteiger partial charge in [-0.15, -0.1) is 0 Å². The second-order valence-corrected chi connectivity index (χ2v) is 5.52. The Hall–Kier alpha value is -1.15. The highest BCUT2D eigenvalue weighted by Gasteiger charge is 2.29. The summed E-state index contributed by atoms with van der Waals surface area (Å²) in [5.41, 5.74) is 0. The van der Waals surface area contributed by atoms with E-state index in [4.69, 9.17) is 0 Å². The van der Waals surface area contributed by atoms with E-state index in [1.165, 1.54) is 10.6 Å².